The number of alkyl halides is 3. The third kappa shape index (κ3) is 3.96. The molecule has 2 aromatic rings. The van der Waals surface area contributed by atoms with Crippen LogP contribution in [0.4, 0.5) is 13.2 Å². The number of thioether (sulfide) groups is 1. The van der Waals surface area contributed by atoms with E-state index in [-0.39, 0.29) is 6.61 Å². The van der Waals surface area contributed by atoms with Crippen LogP contribution in [0.25, 0.3) is 4.91 Å². The summed E-state index contributed by atoms with van der Waals surface area (Å²) in [5.74, 6) is -0.464. The predicted molar refractivity (Wildman–Crippen MR) is 95.6 cm³/mol. The molecule has 1 aliphatic carbocycles. The topological polar surface area (TPSA) is 26.3 Å². The summed E-state index contributed by atoms with van der Waals surface area (Å²) in [6.07, 6.45) is -3.47. The van der Waals surface area contributed by atoms with Crippen LogP contribution < -0.4 is 0 Å². The molecule has 0 N–H and O–H groups in total. The Bertz CT molecular complexity index is 842. The summed E-state index contributed by atoms with van der Waals surface area (Å²) in [4.78, 5) is 13.8. The summed E-state index contributed by atoms with van der Waals surface area (Å²) >= 11 is 1.30. The maximum Gasteiger partial charge on any atom is 0.416 e. The van der Waals surface area contributed by atoms with Crippen LogP contribution in [-0.4, -0.2) is 12.6 Å². The monoisotopic (exact) mass is 378 g/mol. The highest BCUT2D eigenvalue weighted by Gasteiger charge is 2.33. The highest BCUT2D eigenvalue weighted by molar-refractivity contribution is 8.08. The number of ether oxygens (including phenoxy) is 1. The Morgan fingerprint density at radius 1 is 1.12 bits per heavy atom. The number of halogens is 3. The van der Waals surface area contributed by atoms with Crippen molar-refractivity contribution in [2.24, 2.45) is 0 Å². The SMILES string of the molecule is CCOC(=O)C1=C(Sc2ccccc2)c2cc(C(F)(F)F)ccc2CC1. The largest absolute Gasteiger partial charge is 0.463 e. The number of carbonyl (C=O) groups is 1. The van der Waals surface area contributed by atoms with Crippen molar-refractivity contribution in [3.05, 3.63) is 70.8 Å². The molecule has 0 saturated heterocycles. The van der Waals surface area contributed by atoms with Crippen LogP contribution in [0, 0.1) is 0 Å². The molecule has 0 atom stereocenters. The number of hydrogen-bond donors (Lipinski definition) is 0. The van der Waals surface area contributed by atoms with E-state index < -0.39 is 17.7 Å². The van der Waals surface area contributed by atoms with E-state index in [0.717, 1.165) is 22.6 Å². The van der Waals surface area contributed by atoms with Crippen molar-refractivity contribution in [3.63, 3.8) is 0 Å². The molecule has 0 amide bonds. The average Bonchev–Trinajstić information content (AvgIpc) is 2.62. The Kier molecular flexibility index (Phi) is 5.41. The van der Waals surface area contributed by atoms with E-state index in [0.29, 0.717) is 28.9 Å². The summed E-state index contributed by atoms with van der Waals surface area (Å²) in [5, 5.41) is 0. The first-order valence-corrected chi connectivity index (χ1v) is 9.05. The van der Waals surface area contributed by atoms with Gasteiger partial charge in [0.25, 0.3) is 0 Å². The van der Waals surface area contributed by atoms with E-state index in [1.165, 1.54) is 17.8 Å². The molecule has 0 unspecified atom stereocenters. The van der Waals surface area contributed by atoms with Crippen LogP contribution in [0.15, 0.2) is 59.0 Å². The average molecular weight is 378 g/mol. The summed E-state index contributed by atoms with van der Waals surface area (Å²) in [6, 6.07) is 13.0. The second-order valence-electron chi connectivity index (χ2n) is 5.81. The van der Waals surface area contributed by atoms with Crippen LogP contribution in [0.3, 0.4) is 0 Å². The lowest BCUT2D eigenvalue weighted by Gasteiger charge is -2.23. The highest BCUT2D eigenvalue weighted by atomic mass is 32.2. The molecule has 3 rings (SSSR count). The van der Waals surface area contributed by atoms with Crippen LogP contribution in [0.1, 0.15) is 30.0 Å². The second kappa shape index (κ2) is 7.58. The van der Waals surface area contributed by atoms with Crippen LogP contribution in [0.5, 0.6) is 0 Å². The number of fused-ring (bicyclic) bond motifs is 1. The van der Waals surface area contributed by atoms with E-state index in [9.17, 15) is 18.0 Å². The standard InChI is InChI=1S/C20H17F3O2S/c1-2-25-19(24)16-11-9-13-8-10-14(20(21,22)23)12-17(13)18(16)26-15-6-4-3-5-7-15/h3-8,10,12H,2,9,11H2,1H3. The minimum Gasteiger partial charge on any atom is -0.463 e. The van der Waals surface area contributed by atoms with Crippen molar-refractivity contribution in [3.8, 4) is 0 Å². The van der Waals surface area contributed by atoms with Gasteiger partial charge in [0.15, 0.2) is 0 Å². The van der Waals surface area contributed by atoms with Gasteiger partial charge in [-0.25, -0.2) is 4.79 Å². The first-order chi connectivity index (χ1) is 12.4. The minimum absolute atomic E-state index is 0.223. The molecule has 136 valence electrons. The Hall–Kier alpha value is -2.21. The molecule has 1 aliphatic rings. The van der Waals surface area contributed by atoms with Gasteiger partial charge in [-0.05, 0) is 55.2 Å². The van der Waals surface area contributed by atoms with E-state index in [2.05, 4.69) is 0 Å². The molecule has 0 radical (unpaired) electrons. The lowest BCUT2D eigenvalue weighted by atomic mass is 9.90. The van der Waals surface area contributed by atoms with E-state index in [1.54, 1.807) is 6.92 Å². The first-order valence-electron chi connectivity index (χ1n) is 8.24. The molecular formula is C20H17F3O2S. The van der Waals surface area contributed by atoms with E-state index in [4.69, 9.17) is 4.74 Å². The quantitative estimate of drug-likeness (QED) is 0.637. The lowest BCUT2D eigenvalue weighted by molar-refractivity contribution is -0.138. The molecule has 0 saturated carbocycles. The fraction of sp³-hybridized carbons (Fsp3) is 0.250. The zero-order valence-electron chi connectivity index (χ0n) is 14.1. The van der Waals surface area contributed by atoms with Gasteiger partial charge in [0.05, 0.1) is 17.7 Å². The molecule has 0 aromatic heterocycles. The number of aryl methyl sites for hydroxylation is 1. The molecule has 2 aromatic carbocycles. The highest BCUT2D eigenvalue weighted by Crippen LogP contribution is 2.44. The van der Waals surface area contributed by atoms with E-state index in [1.807, 2.05) is 30.3 Å². The Labute approximate surface area is 154 Å². The lowest BCUT2D eigenvalue weighted by Crippen LogP contribution is -2.15. The Balaban J connectivity index is 2.12. The van der Waals surface area contributed by atoms with Gasteiger partial charge in [0.1, 0.15) is 0 Å². The van der Waals surface area contributed by atoms with Gasteiger partial charge in [-0.15, -0.1) is 0 Å². The van der Waals surface area contributed by atoms with Gasteiger partial charge in [-0.3, -0.25) is 0 Å². The molecule has 2 nitrogen and oxygen atoms in total. The third-order valence-electron chi connectivity index (χ3n) is 4.09. The summed E-state index contributed by atoms with van der Waals surface area (Å²) < 4.78 is 44.7. The molecular weight excluding hydrogens is 361 g/mol. The first kappa shape index (κ1) is 18.6. The molecule has 26 heavy (non-hydrogen) atoms. The molecule has 6 heteroatoms. The van der Waals surface area contributed by atoms with Gasteiger partial charge in [-0.1, -0.05) is 36.0 Å². The number of hydrogen-bond acceptors (Lipinski definition) is 3. The number of esters is 1. The van der Waals surface area contributed by atoms with Crippen LogP contribution in [0.2, 0.25) is 0 Å². The molecule has 0 heterocycles. The predicted octanol–water partition coefficient (Wildman–Crippen LogP) is 5.72. The summed E-state index contributed by atoms with van der Waals surface area (Å²) in [7, 11) is 0. The summed E-state index contributed by atoms with van der Waals surface area (Å²) in [6.45, 7) is 1.93. The van der Waals surface area contributed by atoms with Crippen LogP contribution in [-0.2, 0) is 22.1 Å². The van der Waals surface area contributed by atoms with Gasteiger partial charge in [0, 0.05) is 9.80 Å². The van der Waals surface area contributed by atoms with Crippen molar-refractivity contribution in [1.29, 1.82) is 0 Å². The maximum atomic E-state index is 13.2. The van der Waals surface area contributed by atoms with Gasteiger partial charge in [0.2, 0.25) is 0 Å². The smallest absolute Gasteiger partial charge is 0.416 e. The fourth-order valence-corrected chi connectivity index (χ4v) is 3.99. The Morgan fingerprint density at radius 3 is 2.50 bits per heavy atom. The maximum absolute atomic E-state index is 13.2. The van der Waals surface area contributed by atoms with Crippen molar-refractivity contribution < 1.29 is 22.7 Å². The zero-order chi connectivity index (χ0) is 18.7. The second-order valence-corrected chi connectivity index (χ2v) is 6.90. The van der Waals surface area contributed by atoms with Gasteiger partial charge < -0.3 is 4.74 Å². The minimum atomic E-state index is -4.43. The van der Waals surface area contributed by atoms with Crippen molar-refractivity contribution >= 4 is 22.6 Å². The molecule has 0 aliphatic heterocycles. The molecule has 0 fully saturated rings. The normalized spacial score (nSPS) is 14.2. The molecule has 0 spiro atoms. The number of rotatable bonds is 4. The van der Waals surface area contributed by atoms with Crippen molar-refractivity contribution in [1.82, 2.24) is 0 Å². The third-order valence-corrected chi connectivity index (χ3v) is 5.26. The number of benzene rings is 2. The van der Waals surface area contributed by atoms with E-state index >= 15 is 0 Å². The Morgan fingerprint density at radius 2 is 1.85 bits per heavy atom. The summed E-state index contributed by atoms with van der Waals surface area (Å²) in [5.41, 5.74) is 0.993. The zero-order valence-corrected chi connectivity index (χ0v) is 14.9. The van der Waals surface area contributed by atoms with Crippen molar-refractivity contribution in [2.75, 3.05) is 6.61 Å². The van der Waals surface area contributed by atoms with Crippen molar-refractivity contribution in [2.45, 2.75) is 30.8 Å². The van der Waals surface area contributed by atoms with Gasteiger partial charge >= 0.3 is 12.1 Å². The van der Waals surface area contributed by atoms with Crippen LogP contribution >= 0.6 is 11.8 Å². The fourth-order valence-electron chi connectivity index (χ4n) is 2.85. The number of carbonyl (C=O) groups excluding carboxylic acids is 1. The van der Waals surface area contributed by atoms with Gasteiger partial charge in [-0.2, -0.15) is 13.2 Å². The molecule has 0 bridgehead atoms.